The van der Waals surface area contributed by atoms with E-state index in [1.807, 2.05) is 37.4 Å². The summed E-state index contributed by atoms with van der Waals surface area (Å²) in [4.78, 5) is 20.8. The van der Waals surface area contributed by atoms with E-state index in [2.05, 4.69) is 29.0 Å². The molecule has 146 valence electrons. The van der Waals surface area contributed by atoms with Crippen LogP contribution in [0.3, 0.4) is 0 Å². The summed E-state index contributed by atoms with van der Waals surface area (Å²) in [6, 6.07) is 12.3. The van der Waals surface area contributed by atoms with Crippen molar-refractivity contribution in [3.8, 4) is 11.5 Å². The maximum atomic E-state index is 12.1. The highest BCUT2D eigenvalue weighted by molar-refractivity contribution is 7.99. The van der Waals surface area contributed by atoms with E-state index in [9.17, 15) is 4.79 Å². The molecule has 0 unspecified atom stereocenters. The Hall–Kier alpha value is -2.40. The lowest BCUT2D eigenvalue weighted by molar-refractivity contribution is -0.116. The van der Waals surface area contributed by atoms with Crippen LogP contribution in [0.1, 0.15) is 42.3 Å². The number of oxazole rings is 1. The topological polar surface area (TPSA) is 56.0 Å². The monoisotopic (exact) mass is 394 g/mol. The molecule has 5 heteroatoms. The van der Waals surface area contributed by atoms with Crippen LogP contribution in [0.2, 0.25) is 0 Å². The molecule has 2 aromatic heterocycles. The first kappa shape index (κ1) is 20.3. The maximum absolute atomic E-state index is 12.1. The number of aryl methyl sites for hydroxylation is 3. The average Bonchev–Trinajstić information content (AvgIpc) is 3.09. The van der Waals surface area contributed by atoms with E-state index in [1.54, 1.807) is 18.0 Å². The summed E-state index contributed by atoms with van der Waals surface area (Å²) >= 11 is 1.61. The Balaban J connectivity index is 1.44. The second-order valence-corrected chi connectivity index (χ2v) is 7.80. The van der Waals surface area contributed by atoms with Crippen molar-refractivity contribution in [1.29, 1.82) is 0 Å². The van der Waals surface area contributed by atoms with Crippen LogP contribution in [0.15, 0.2) is 53.2 Å². The summed E-state index contributed by atoms with van der Waals surface area (Å²) < 4.78 is 5.83. The summed E-state index contributed by atoms with van der Waals surface area (Å²) in [5.74, 6) is 2.96. The number of hydrogen-bond donors (Lipinski definition) is 0. The number of benzene rings is 1. The SMILES string of the molecule is CCc1ccc(-c2nc(CSCC(=O)CCCc3cccnc3)c(C)o2)cc1. The molecule has 0 spiro atoms. The molecule has 0 saturated carbocycles. The highest BCUT2D eigenvalue weighted by Gasteiger charge is 2.12. The largest absolute Gasteiger partial charge is 0.441 e. The van der Waals surface area contributed by atoms with E-state index in [0.717, 1.165) is 36.3 Å². The first-order valence-electron chi connectivity index (χ1n) is 9.69. The van der Waals surface area contributed by atoms with Gasteiger partial charge in [-0.15, -0.1) is 11.8 Å². The van der Waals surface area contributed by atoms with Crippen molar-refractivity contribution in [2.75, 3.05) is 5.75 Å². The van der Waals surface area contributed by atoms with Crippen LogP contribution < -0.4 is 0 Å². The Bertz CT molecular complexity index is 889. The summed E-state index contributed by atoms with van der Waals surface area (Å²) in [6.07, 6.45) is 7.01. The molecule has 4 nitrogen and oxygen atoms in total. The van der Waals surface area contributed by atoms with Gasteiger partial charge in [0.25, 0.3) is 0 Å². The number of thioether (sulfide) groups is 1. The van der Waals surface area contributed by atoms with Crippen molar-refractivity contribution in [2.24, 2.45) is 0 Å². The number of rotatable bonds is 10. The van der Waals surface area contributed by atoms with E-state index in [-0.39, 0.29) is 5.78 Å². The van der Waals surface area contributed by atoms with Crippen LogP contribution in [0.25, 0.3) is 11.5 Å². The molecule has 0 aliphatic carbocycles. The molecule has 0 amide bonds. The van der Waals surface area contributed by atoms with E-state index in [1.165, 1.54) is 11.1 Å². The lowest BCUT2D eigenvalue weighted by Crippen LogP contribution is -2.03. The van der Waals surface area contributed by atoms with Crippen LogP contribution in [0.4, 0.5) is 0 Å². The minimum atomic E-state index is 0.283. The Labute approximate surface area is 170 Å². The van der Waals surface area contributed by atoms with Gasteiger partial charge in [0.1, 0.15) is 11.5 Å². The number of nitrogens with zero attached hydrogens (tertiary/aromatic N) is 2. The van der Waals surface area contributed by atoms with Crippen molar-refractivity contribution in [2.45, 2.75) is 45.3 Å². The molecule has 1 aromatic carbocycles. The normalized spacial score (nSPS) is 10.9. The van der Waals surface area contributed by atoms with E-state index >= 15 is 0 Å². The number of carbonyl (C=O) groups is 1. The van der Waals surface area contributed by atoms with Gasteiger partial charge in [0, 0.05) is 30.1 Å². The van der Waals surface area contributed by atoms with Crippen LogP contribution in [0.5, 0.6) is 0 Å². The highest BCUT2D eigenvalue weighted by atomic mass is 32.2. The predicted octanol–water partition coefficient (Wildman–Crippen LogP) is 5.43. The van der Waals surface area contributed by atoms with E-state index in [0.29, 0.717) is 23.8 Å². The first-order chi connectivity index (χ1) is 13.7. The number of hydrogen-bond acceptors (Lipinski definition) is 5. The molecule has 0 atom stereocenters. The van der Waals surface area contributed by atoms with Gasteiger partial charge < -0.3 is 4.42 Å². The third-order valence-electron chi connectivity index (χ3n) is 4.65. The van der Waals surface area contributed by atoms with Gasteiger partial charge in [-0.3, -0.25) is 9.78 Å². The third kappa shape index (κ3) is 5.80. The van der Waals surface area contributed by atoms with Crippen LogP contribution in [-0.2, 0) is 23.4 Å². The summed E-state index contributed by atoms with van der Waals surface area (Å²) in [7, 11) is 0. The van der Waals surface area contributed by atoms with E-state index < -0.39 is 0 Å². The molecule has 0 bridgehead atoms. The quantitative estimate of drug-likeness (QED) is 0.459. The predicted molar refractivity (Wildman–Crippen MR) is 114 cm³/mol. The van der Waals surface area contributed by atoms with E-state index in [4.69, 9.17) is 4.42 Å². The molecule has 0 fully saturated rings. The summed E-state index contributed by atoms with van der Waals surface area (Å²) in [5.41, 5.74) is 4.39. The second-order valence-electron chi connectivity index (χ2n) is 6.82. The number of carbonyl (C=O) groups excluding carboxylic acids is 1. The zero-order valence-corrected chi connectivity index (χ0v) is 17.3. The fourth-order valence-electron chi connectivity index (χ4n) is 2.94. The number of ketones is 1. The molecule has 0 N–H and O–H groups in total. The Morgan fingerprint density at radius 3 is 2.68 bits per heavy atom. The fraction of sp³-hybridized carbons (Fsp3) is 0.348. The lowest BCUT2D eigenvalue weighted by atomic mass is 10.1. The lowest BCUT2D eigenvalue weighted by Gasteiger charge is -2.01. The molecule has 0 aliphatic rings. The summed E-state index contributed by atoms with van der Waals surface area (Å²) in [5, 5.41) is 0. The second kappa shape index (κ2) is 10.2. The summed E-state index contributed by atoms with van der Waals surface area (Å²) in [6.45, 7) is 4.07. The minimum absolute atomic E-state index is 0.283. The van der Waals surface area contributed by atoms with Gasteiger partial charge in [0.15, 0.2) is 0 Å². The van der Waals surface area contributed by atoms with Crippen molar-refractivity contribution in [1.82, 2.24) is 9.97 Å². The fourth-order valence-corrected chi connectivity index (χ4v) is 3.87. The standard InChI is InChI=1S/C23H26N2O2S/c1-3-18-9-11-20(12-10-18)23-25-22(17(2)27-23)16-28-15-21(26)8-4-6-19-7-5-13-24-14-19/h5,7,9-14H,3-4,6,8,15-16H2,1-2H3. The molecular weight excluding hydrogens is 368 g/mol. The van der Waals surface area contributed by atoms with Crippen LogP contribution in [0, 0.1) is 6.92 Å². The maximum Gasteiger partial charge on any atom is 0.226 e. The molecule has 2 heterocycles. The van der Waals surface area contributed by atoms with Crippen molar-refractivity contribution in [3.63, 3.8) is 0 Å². The number of Topliss-reactive ketones (excluding diaryl/α,β-unsaturated/α-hetero) is 1. The molecule has 0 aliphatic heterocycles. The molecule has 0 saturated heterocycles. The third-order valence-corrected chi connectivity index (χ3v) is 5.65. The zero-order chi connectivity index (χ0) is 19.8. The minimum Gasteiger partial charge on any atom is -0.441 e. The van der Waals surface area contributed by atoms with Gasteiger partial charge in [-0.1, -0.05) is 25.1 Å². The van der Waals surface area contributed by atoms with Gasteiger partial charge >= 0.3 is 0 Å². The van der Waals surface area contributed by atoms with Gasteiger partial charge in [-0.2, -0.15) is 0 Å². The number of pyridine rings is 1. The number of aromatic nitrogens is 2. The Morgan fingerprint density at radius 1 is 1.14 bits per heavy atom. The van der Waals surface area contributed by atoms with Crippen molar-refractivity contribution in [3.05, 3.63) is 71.4 Å². The average molecular weight is 395 g/mol. The van der Waals surface area contributed by atoms with Crippen LogP contribution in [-0.4, -0.2) is 21.5 Å². The molecule has 3 rings (SSSR count). The van der Waals surface area contributed by atoms with Gasteiger partial charge in [0.2, 0.25) is 5.89 Å². The van der Waals surface area contributed by atoms with Gasteiger partial charge in [-0.05, 0) is 55.5 Å². The Kier molecular flexibility index (Phi) is 7.43. The molecule has 0 radical (unpaired) electrons. The zero-order valence-electron chi connectivity index (χ0n) is 16.5. The Morgan fingerprint density at radius 2 is 1.96 bits per heavy atom. The molecular formula is C23H26N2O2S. The molecule has 3 aromatic rings. The first-order valence-corrected chi connectivity index (χ1v) is 10.8. The van der Waals surface area contributed by atoms with Crippen molar-refractivity contribution >= 4 is 17.5 Å². The molecule has 28 heavy (non-hydrogen) atoms. The van der Waals surface area contributed by atoms with Crippen molar-refractivity contribution < 1.29 is 9.21 Å². The van der Waals surface area contributed by atoms with Gasteiger partial charge in [0.05, 0.1) is 11.4 Å². The van der Waals surface area contributed by atoms with Crippen LogP contribution >= 0.6 is 11.8 Å². The van der Waals surface area contributed by atoms with Gasteiger partial charge in [-0.25, -0.2) is 4.98 Å². The smallest absolute Gasteiger partial charge is 0.226 e. The highest BCUT2D eigenvalue weighted by Crippen LogP contribution is 2.25.